The number of aliphatic hydroxyl groups excluding tert-OH is 1. The molecule has 1 fully saturated rings. The molecule has 4 aromatic rings. The Labute approximate surface area is 186 Å². The molecule has 2 atom stereocenters. The third-order valence-corrected chi connectivity index (χ3v) is 7.07. The Morgan fingerprint density at radius 2 is 2.10 bits per heavy atom. The van der Waals surface area contributed by atoms with Gasteiger partial charge < -0.3 is 19.7 Å². The Bertz CT molecular complexity index is 1210. The summed E-state index contributed by atoms with van der Waals surface area (Å²) in [6.45, 7) is 0.659. The van der Waals surface area contributed by atoms with Crippen LogP contribution in [0.25, 0.3) is 21.4 Å². The molecule has 156 valence electrons. The Kier molecular flexibility index (Phi) is 5.34. The van der Waals surface area contributed by atoms with Crippen molar-refractivity contribution >= 4 is 53.8 Å². The first kappa shape index (κ1) is 19.7. The van der Waals surface area contributed by atoms with Crippen molar-refractivity contribution in [1.29, 1.82) is 0 Å². The highest BCUT2D eigenvalue weighted by atomic mass is 79.9. The van der Waals surface area contributed by atoms with E-state index >= 15 is 0 Å². The van der Waals surface area contributed by atoms with Gasteiger partial charge in [0.15, 0.2) is 10.8 Å². The van der Waals surface area contributed by atoms with Gasteiger partial charge in [-0.3, -0.25) is 0 Å². The van der Waals surface area contributed by atoms with E-state index in [1.165, 1.54) is 0 Å². The summed E-state index contributed by atoms with van der Waals surface area (Å²) in [6, 6.07) is 8.31. The summed E-state index contributed by atoms with van der Waals surface area (Å²) in [5.41, 5.74) is 3.72. The molecular formula is C21H22BrN5O2S. The first-order valence-corrected chi connectivity index (χ1v) is 11.6. The van der Waals surface area contributed by atoms with Crippen molar-refractivity contribution in [3.05, 3.63) is 40.6 Å². The quantitative estimate of drug-likeness (QED) is 0.428. The van der Waals surface area contributed by atoms with Crippen LogP contribution >= 0.6 is 27.3 Å². The number of aliphatic hydroxyl groups is 1. The number of nitrogens with zero attached hydrogens (tertiary/aromatic N) is 4. The smallest absolute Gasteiger partial charge is 0.229 e. The lowest BCUT2D eigenvalue weighted by Crippen LogP contribution is -2.36. The van der Waals surface area contributed by atoms with Gasteiger partial charge >= 0.3 is 0 Å². The van der Waals surface area contributed by atoms with E-state index in [0.29, 0.717) is 12.4 Å². The Morgan fingerprint density at radius 3 is 2.93 bits per heavy atom. The number of hydrogen-bond acceptors (Lipinski definition) is 7. The maximum absolute atomic E-state index is 10.2. The molecule has 1 aliphatic carbocycles. The molecule has 5 rings (SSSR count). The van der Waals surface area contributed by atoms with Crippen LogP contribution in [0.3, 0.4) is 0 Å². The van der Waals surface area contributed by atoms with Crippen LogP contribution in [0.1, 0.15) is 31.2 Å². The van der Waals surface area contributed by atoms with E-state index < -0.39 is 0 Å². The van der Waals surface area contributed by atoms with Gasteiger partial charge in [0.1, 0.15) is 5.52 Å². The van der Waals surface area contributed by atoms with E-state index in [0.717, 1.165) is 62.2 Å². The van der Waals surface area contributed by atoms with Gasteiger partial charge in [-0.15, -0.1) is 0 Å². The summed E-state index contributed by atoms with van der Waals surface area (Å²) in [5, 5.41) is 14.5. The molecule has 0 spiro atoms. The highest BCUT2D eigenvalue weighted by molar-refractivity contribution is 9.10. The van der Waals surface area contributed by atoms with Crippen molar-refractivity contribution in [2.24, 2.45) is 0 Å². The monoisotopic (exact) mass is 487 g/mol. The number of imidazole rings is 1. The average molecular weight is 488 g/mol. The van der Waals surface area contributed by atoms with Crippen LogP contribution in [0, 0.1) is 0 Å². The largest absolute Gasteiger partial charge is 0.480 e. The molecule has 0 radical (unpaired) electrons. The number of benzene rings is 1. The first-order chi connectivity index (χ1) is 14.6. The van der Waals surface area contributed by atoms with Crippen molar-refractivity contribution in [2.75, 3.05) is 12.4 Å². The number of pyridine rings is 1. The van der Waals surface area contributed by atoms with Crippen LogP contribution in [0.4, 0.5) is 5.13 Å². The predicted molar refractivity (Wildman–Crippen MR) is 122 cm³/mol. The average Bonchev–Trinajstić information content (AvgIpc) is 3.32. The van der Waals surface area contributed by atoms with Gasteiger partial charge in [0, 0.05) is 0 Å². The van der Waals surface area contributed by atoms with E-state index in [2.05, 4.69) is 43.3 Å². The number of halogens is 1. The van der Waals surface area contributed by atoms with Gasteiger partial charge in [0.05, 0.1) is 46.8 Å². The zero-order valence-electron chi connectivity index (χ0n) is 16.5. The zero-order chi connectivity index (χ0) is 20.7. The first-order valence-electron chi connectivity index (χ1n) is 10.00. The molecule has 1 unspecified atom stereocenters. The number of anilines is 1. The van der Waals surface area contributed by atoms with Crippen LogP contribution < -0.4 is 10.1 Å². The lowest BCUT2D eigenvalue weighted by atomic mass is 9.93. The minimum atomic E-state index is -0.291. The molecule has 9 heteroatoms. The molecule has 0 bridgehead atoms. The zero-order valence-corrected chi connectivity index (χ0v) is 18.9. The topological polar surface area (TPSA) is 85.1 Å². The van der Waals surface area contributed by atoms with Crippen LogP contribution in [-0.4, -0.2) is 43.9 Å². The van der Waals surface area contributed by atoms with Gasteiger partial charge in [-0.25, -0.2) is 9.97 Å². The molecule has 7 nitrogen and oxygen atoms in total. The minimum absolute atomic E-state index is 0.0940. The van der Waals surface area contributed by atoms with Gasteiger partial charge in [-0.1, -0.05) is 30.2 Å². The number of fused-ring (bicyclic) bond motifs is 2. The van der Waals surface area contributed by atoms with E-state index in [4.69, 9.17) is 9.72 Å². The Morgan fingerprint density at radius 1 is 1.23 bits per heavy atom. The molecule has 3 aromatic heterocycles. The summed E-state index contributed by atoms with van der Waals surface area (Å²) in [6.07, 6.45) is 5.61. The van der Waals surface area contributed by atoms with Crippen LogP contribution in [0.15, 0.2) is 35.1 Å². The molecule has 1 saturated carbocycles. The van der Waals surface area contributed by atoms with Crippen LogP contribution in [0.2, 0.25) is 0 Å². The normalized spacial score (nSPS) is 19.4. The van der Waals surface area contributed by atoms with Crippen molar-refractivity contribution < 1.29 is 9.84 Å². The summed E-state index contributed by atoms with van der Waals surface area (Å²) >= 11 is 5.09. The van der Waals surface area contributed by atoms with E-state index in [1.54, 1.807) is 24.8 Å². The van der Waals surface area contributed by atoms with Gasteiger partial charge in [-0.05, 0) is 52.5 Å². The number of rotatable bonds is 5. The number of thiazole rings is 1. The van der Waals surface area contributed by atoms with E-state index in [9.17, 15) is 5.11 Å². The molecule has 1 aliphatic rings. The highest BCUT2D eigenvalue weighted by Gasteiger charge is 2.23. The van der Waals surface area contributed by atoms with E-state index in [-0.39, 0.29) is 12.1 Å². The molecule has 3 heterocycles. The lowest BCUT2D eigenvalue weighted by molar-refractivity contribution is 0.116. The third kappa shape index (κ3) is 3.77. The number of hydrogen-bond donors (Lipinski definition) is 2. The molecular weight excluding hydrogens is 466 g/mol. The van der Waals surface area contributed by atoms with Gasteiger partial charge in [0.25, 0.3) is 0 Å². The summed E-state index contributed by atoms with van der Waals surface area (Å²) < 4.78 is 9.26. The highest BCUT2D eigenvalue weighted by Crippen LogP contribution is 2.31. The lowest BCUT2D eigenvalue weighted by Gasteiger charge is -2.27. The fourth-order valence-electron chi connectivity index (χ4n) is 3.97. The maximum atomic E-state index is 10.2. The summed E-state index contributed by atoms with van der Waals surface area (Å²) in [5.74, 6) is 0.544. The molecule has 1 aromatic carbocycles. The number of nitrogens with one attached hydrogen (secondary N) is 1. The maximum Gasteiger partial charge on any atom is 0.229 e. The number of ether oxygens (including phenoxy) is 1. The standard InChI is InChI=1S/C21H22BrN5O2S/c1-29-20-13(22)9-16-19(26-20)27(11-23-16)10-12-6-7-15-18(8-12)30-21(25-15)24-14-4-2-3-5-17(14)28/h6-9,11,14,17,28H,2-5,10H2,1H3,(H,24,25)/t14?,17-/m1/s1. The molecule has 0 amide bonds. The minimum Gasteiger partial charge on any atom is -0.480 e. The van der Waals surface area contributed by atoms with Crippen molar-refractivity contribution in [1.82, 2.24) is 19.5 Å². The summed E-state index contributed by atoms with van der Waals surface area (Å²) in [4.78, 5) is 13.7. The molecule has 2 N–H and O–H groups in total. The summed E-state index contributed by atoms with van der Waals surface area (Å²) in [7, 11) is 1.61. The van der Waals surface area contributed by atoms with Gasteiger partial charge in [-0.2, -0.15) is 4.98 Å². The van der Waals surface area contributed by atoms with Crippen molar-refractivity contribution in [3.8, 4) is 5.88 Å². The number of aromatic nitrogens is 4. The Balaban J connectivity index is 1.39. The fourth-order valence-corrected chi connectivity index (χ4v) is 5.43. The molecule has 30 heavy (non-hydrogen) atoms. The van der Waals surface area contributed by atoms with Crippen LogP contribution in [-0.2, 0) is 6.54 Å². The second-order valence-corrected chi connectivity index (χ2v) is 9.50. The second kappa shape index (κ2) is 8.13. The van der Waals surface area contributed by atoms with Crippen molar-refractivity contribution in [2.45, 2.75) is 44.4 Å². The SMILES string of the molecule is COc1nc2c(cc1Br)ncn2Cc1ccc2nc(NC3CCCC[C@H]3O)sc2c1. The van der Waals surface area contributed by atoms with Gasteiger partial charge in [0.2, 0.25) is 5.88 Å². The predicted octanol–water partition coefficient (Wildman–Crippen LogP) is 4.58. The Hall–Kier alpha value is -2.23. The van der Waals surface area contributed by atoms with Crippen molar-refractivity contribution in [3.63, 3.8) is 0 Å². The fraction of sp³-hybridized carbons (Fsp3) is 0.381. The molecule has 0 aliphatic heterocycles. The van der Waals surface area contributed by atoms with E-state index in [1.807, 2.05) is 16.7 Å². The third-order valence-electron chi connectivity index (χ3n) is 5.55. The van der Waals surface area contributed by atoms with Crippen LogP contribution in [0.5, 0.6) is 5.88 Å². The molecule has 0 saturated heterocycles. The second-order valence-electron chi connectivity index (χ2n) is 7.62. The number of methoxy groups -OCH3 is 1.